The third-order valence-electron chi connectivity index (χ3n) is 1.41. The van der Waals surface area contributed by atoms with Crippen LogP contribution in [0.3, 0.4) is 0 Å². The van der Waals surface area contributed by atoms with Crippen molar-refractivity contribution in [1.82, 2.24) is 0 Å². The first-order chi connectivity index (χ1) is 4.43. The minimum atomic E-state index is 0.490. The Balaban J connectivity index is 2.28. The van der Waals surface area contributed by atoms with Crippen molar-refractivity contribution in [2.45, 2.75) is 6.42 Å². The highest BCUT2D eigenvalue weighted by molar-refractivity contribution is 5.04. The predicted molar refractivity (Wildman–Crippen MR) is 33.7 cm³/mol. The first-order valence-electron chi connectivity index (χ1n) is 3.07. The zero-order valence-electron chi connectivity index (χ0n) is 5.21. The van der Waals surface area contributed by atoms with Gasteiger partial charge in [0.2, 0.25) is 0 Å². The van der Waals surface area contributed by atoms with E-state index in [9.17, 15) is 0 Å². The Bertz CT molecular complexity index is 139. The van der Waals surface area contributed by atoms with Crippen LogP contribution >= 0.6 is 0 Å². The highest BCUT2D eigenvalue weighted by Crippen LogP contribution is 2.12. The Morgan fingerprint density at radius 3 is 3.11 bits per heavy atom. The highest BCUT2D eigenvalue weighted by Gasteiger charge is 2.10. The van der Waals surface area contributed by atoms with E-state index in [1.165, 1.54) is 6.08 Å². The molecule has 0 bridgehead atoms. The van der Waals surface area contributed by atoms with Crippen LogP contribution < -0.4 is 0 Å². The van der Waals surface area contributed by atoms with Crippen LogP contribution in [0.1, 0.15) is 6.42 Å². The van der Waals surface area contributed by atoms with Crippen molar-refractivity contribution in [3.8, 4) is 6.07 Å². The minimum absolute atomic E-state index is 0.490. The van der Waals surface area contributed by atoms with Crippen LogP contribution in [0.4, 0.5) is 0 Å². The molecule has 0 aliphatic carbocycles. The van der Waals surface area contributed by atoms with E-state index in [-0.39, 0.29) is 0 Å². The molecule has 2 heteroatoms. The maximum absolute atomic E-state index is 8.15. The van der Waals surface area contributed by atoms with E-state index in [0.717, 1.165) is 19.6 Å². The van der Waals surface area contributed by atoms with E-state index < -0.39 is 0 Å². The molecule has 1 rings (SSSR count). The second-order valence-corrected chi connectivity index (χ2v) is 2.11. The molecule has 1 aliphatic rings. The van der Waals surface area contributed by atoms with Gasteiger partial charge in [0.05, 0.1) is 12.7 Å². The van der Waals surface area contributed by atoms with Crippen molar-refractivity contribution < 1.29 is 4.74 Å². The zero-order valence-corrected chi connectivity index (χ0v) is 5.21. The molecule has 0 amide bonds. The van der Waals surface area contributed by atoms with Gasteiger partial charge in [-0.05, 0) is 6.42 Å². The molecule has 0 aromatic carbocycles. The Hall–Kier alpha value is -0.810. The summed E-state index contributed by atoms with van der Waals surface area (Å²) in [5.41, 5.74) is 0. The average Bonchev–Trinajstić information content (AvgIpc) is 2.34. The predicted octanol–water partition coefficient (Wildman–Crippen LogP) is 1.10. The summed E-state index contributed by atoms with van der Waals surface area (Å²) in [6.07, 6.45) is 4.50. The number of hydrogen-bond donors (Lipinski definition) is 0. The number of hydrogen-bond acceptors (Lipinski definition) is 2. The van der Waals surface area contributed by atoms with E-state index in [0.29, 0.717) is 5.92 Å². The summed E-state index contributed by atoms with van der Waals surface area (Å²) in [7, 11) is 0. The quantitative estimate of drug-likeness (QED) is 0.489. The van der Waals surface area contributed by atoms with Gasteiger partial charge in [-0.3, -0.25) is 0 Å². The van der Waals surface area contributed by atoms with Gasteiger partial charge in [-0.15, -0.1) is 0 Å². The molecule has 0 saturated carbocycles. The Labute approximate surface area is 54.7 Å². The van der Waals surface area contributed by atoms with Crippen LogP contribution in [0, 0.1) is 17.2 Å². The zero-order chi connectivity index (χ0) is 6.53. The lowest BCUT2D eigenvalue weighted by molar-refractivity contribution is 0.191. The summed E-state index contributed by atoms with van der Waals surface area (Å²) in [4.78, 5) is 0. The molecule has 0 N–H and O–H groups in total. The number of ether oxygens (including phenoxy) is 1. The fraction of sp³-hybridized carbons (Fsp3) is 0.571. The molecule has 0 aromatic heterocycles. The molecule has 0 aromatic rings. The Morgan fingerprint density at radius 1 is 1.67 bits per heavy atom. The summed E-state index contributed by atoms with van der Waals surface area (Å²) in [5, 5.41) is 8.15. The molecule has 1 saturated heterocycles. The van der Waals surface area contributed by atoms with E-state index in [2.05, 4.69) is 0 Å². The first-order valence-corrected chi connectivity index (χ1v) is 3.07. The normalized spacial score (nSPS) is 26.8. The minimum Gasteiger partial charge on any atom is -0.381 e. The van der Waals surface area contributed by atoms with Gasteiger partial charge in [-0.1, -0.05) is 6.08 Å². The fourth-order valence-electron chi connectivity index (χ4n) is 0.884. The fourth-order valence-corrected chi connectivity index (χ4v) is 0.884. The van der Waals surface area contributed by atoms with Gasteiger partial charge in [0.25, 0.3) is 0 Å². The number of nitriles is 1. The molecule has 9 heavy (non-hydrogen) atoms. The summed E-state index contributed by atoms with van der Waals surface area (Å²) in [5.74, 6) is 0.490. The third-order valence-corrected chi connectivity index (χ3v) is 1.41. The molecule has 1 fully saturated rings. The second-order valence-electron chi connectivity index (χ2n) is 2.11. The van der Waals surface area contributed by atoms with Gasteiger partial charge >= 0.3 is 0 Å². The molecule has 1 heterocycles. The second kappa shape index (κ2) is 3.26. The van der Waals surface area contributed by atoms with Crippen molar-refractivity contribution in [3.63, 3.8) is 0 Å². The molecule has 0 spiro atoms. The Morgan fingerprint density at radius 2 is 2.56 bits per heavy atom. The molecule has 1 atom stereocenters. The van der Waals surface area contributed by atoms with Crippen LogP contribution in [-0.2, 0) is 4.74 Å². The van der Waals surface area contributed by atoms with Crippen molar-refractivity contribution in [2.75, 3.05) is 13.2 Å². The van der Waals surface area contributed by atoms with Crippen molar-refractivity contribution in [3.05, 3.63) is 12.2 Å². The van der Waals surface area contributed by atoms with Gasteiger partial charge in [0.15, 0.2) is 0 Å². The SMILES string of the molecule is N#C/C=C/[C@@H]1CCOC1. The van der Waals surface area contributed by atoms with Gasteiger partial charge < -0.3 is 4.74 Å². The lowest BCUT2D eigenvalue weighted by Crippen LogP contribution is -1.92. The molecule has 0 radical (unpaired) electrons. The molecule has 2 nitrogen and oxygen atoms in total. The van der Waals surface area contributed by atoms with E-state index in [4.69, 9.17) is 10.00 Å². The van der Waals surface area contributed by atoms with Crippen molar-refractivity contribution in [1.29, 1.82) is 5.26 Å². The van der Waals surface area contributed by atoms with E-state index in [1.54, 1.807) is 0 Å². The third kappa shape index (κ3) is 1.87. The number of allylic oxidation sites excluding steroid dienone is 1. The first kappa shape index (κ1) is 6.31. The van der Waals surface area contributed by atoms with Crippen LogP contribution in [0.15, 0.2) is 12.2 Å². The summed E-state index contributed by atoms with van der Waals surface area (Å²) in [6.45, 7) is 1.64. The van der Waals surface area contributed by atoms with Gasteiger partial charge in [-0.2, -0.15) is 5.26 Å². The maximum Gasteiger partial charge on any atom is 0.0908 e. The van der Waals surface area contributed by atoms with E-state index in [1.807, 2.05) is 12.1 Å². The van der Waals surface area contributed by atoms with Crippen LogP contribution in [0.25, 0.3) is 0 Å². The molecule has 48 valence electrons. The van der Waals surface area contributed by atoms with E-state index >= 15 is 0 Å². The summed E-state index contributed by atoms with van der Waals surface area (Å²) in [6, 6.07) is 1.96. The maximum atomic E-state index is 8.15. The Kier molecular flexibility index (Phi) is 2.29. The monoisotopic (exact) mass is 123 g/mol. The summed E-state index contributed by atoms with van der Waals surface area (Å²) >= 11 is 0. The molecule has 0 unspecified atom stereocenters. The van der Waals surface area contributed by atoms with Crippen LogP contribution in [0.2, 0.25) is 0 Å². The molecular weight excluding hydrogens is 114 g/mol. The highest BCUT2D eigenvalue weighted by atomic mass is 16.5. The largest absolute Gasteiger partial charge is 0.381 e. The van der Waals surface area contributed by atoms with Gasteiger partial charge in [-0.25, -0.2) is 0 Å². The van der Waals surface area contributed by atoms with Crippen LogP contribution in [0.5, 0.6) is 0 Å². The molecule has 1 aliphatic heterocycles. The van der Waals surface area contributed by atoms with Gasteiger partial charge in [0, 0.05) is 18.6 Å². The summed E-state index contributed by atoms with van der Waals surface area (Å²) < 4.78 is 5.09. The van der Waals surface area contributed by atoms with Crippen molar-refractivity contribution in [2.24, 2.45) is 5.92 Å². The number of nitrogens with zero attached hydrogens (tertiary/aromatic N) is 1. The lowest BCUT2D eigenvalue weighted by atomic mass is 10.1. The van der Waals surface area contributed by atoms with Crippen LogP contribution in [-0.4, -0.2) is 13.2 Å². The molecular formula is C7H9NO. The van der Waals surface area contributed by atoms with Gasteiger partial charge in [0.1, 0.15) is 0 Å². The number of rotatable bonds is 1. The standard InChI is InChI=1S/C7H9NO/c8-4-1-2-7-3-5-9-6-7/h1-2,7H,3,5-6H2/b2-1+/t7-/m1/s1. The lowest BCUT2D eigenvalue weighted by Gasteiger charge is -1.93. The topological polar surface area (TPSA) is 33.0 Å². The average molecular weight is 123 g/mol. The smallest absolute Gasteiger partial charge is 0.0908 e. The van der Waals surface area contributed by atoms with Crippen molar-refractivity contribution >= 4 is 0 Å².